The summed E-state index contributed by atoms with van der Waals surface area (Å²) in [5.41, 5.74) is 1.03. The maximum Gasteiger partial charge on any atom is 0.0762 e. The predicted octanol–water partition coefficient (Wildman–Crippen LogP) is 0.423. The number of nitrogens with one attached hydrogen (secondary N) is 1. The van der Waals surface area contributed by atoms with E-state index < -0.39 is 0 Å². The Bertz CT molecular complexity index is 297. The molecule has 1 aromatic heterocycles. The number of nitrogens with zero attached hydrogens (tertiary/aromatic N) is 2. The van der Waals surface area contributed by atoms with Crippen molar-refractivity contribution in [2.75, 3.05) is 0 Å². The lowest BCUT2D eigenvalue weighted by atomic mass is 10.2. The quantitative estimate of drug-likeness (QED) is 0.735. The van der Waals surface area contributed by atoms with E-state index in [1.54, 1.807) is 4.68 Å². The van der Waals surface area contributed by atoms with Gasteiger partial charge < -0.3 is 10.4 Å². The Morgan fingerprint density at radius 1 is 1.64 bits per heavy atom. The van der Waals surface area contributed by atoms with Crippen molar-refractivity contribution in [2.45, 2.75) is 38.0 Å². The Hall–Kier alpha value is -0.870. The van der Waals surface area contributed by atoms with Crippen molar-refractivity contribution in [3.8, 4) is 0 Å². The summed E-state index contributed by atoms with van der Waals surface area (Å²) in [5.74, 6) is 0. The molecule has 2 atom stereocenters. The molecule has 2 rings (SSSR count). The van der Waals surface area contributed by atoms with Crippen molar-refractivity contribution in [1.82, 2.24) is 15.1 Å². The number of rotatable bonds is 3. The van der Waals surface area contributed by atoms with E-state index in [0.29, 0.717) is 0 Å². The van der Waals surface area contributed by atoms with Crippen molar-refractivity contribution in [3.05, 3.63) is 18.0 Å². The second kappa shape index (κ2) is 4.11. The molecular formula is C10H17N3O. The van der Waals surface area contributed by atoms with Gasteiger partial charge in [0.15, 0.2) is 0 Å². The van der Waals surface area contributed by atoms with Crippen LogP contribution in [0.5, 0.6) is 0 Å². The maximum atomic E-state index is 9.58. The third-order valence-corrected chi connectivity index (χ3v) is 2.79. The predicted molar refractivity (Wildman–Crippen MR) is 53.7 cm³/mol. The smallest absolute Gasteiger partial charge is 0.0762 e. The van der Waals surface area contributed by atoms with Crippen LogP contribution in [0.2, 0.25) is 0 Å². The van der Waals surface area contributed by atoms with Gasteiger partial charge in [-0.15, -0.1) is 0 Å². The van der Waals surface area contributed by atoms with E-state index in [1.165, 1.54) is 0 Å². The lowest BCUT2D eigenvalue weighted by Crippen LogP contribution is -2.35. The summed E-state index contributed by atoms with van der Waals surface area (Å²) in [5, 5.41) is 17.2. The molecule has 2 N–H and O–H groups in total. The molecule has 1 aromatic rings. The van der Waals surface area contributed by atoms with Crippen molar-refractivity contribution in [1.29, 1.82) is 0 Å². The van der Waals surface area contributed by atoms with Gasteiger partial charge >= 0.3 is 0 Å². The van der Waals surface area contributed by atoms with E-state index in [4.69, 9.17) is 0 Å². The maximum absolute atomic E-state index is 9.58. The van der Waals surface area contributed by atoms with Crippen LogP contribution < -0.4 is 5.32 Å². The van der Waals surface area contributed by atoms with Gasteiger partial charge in [0.1, 0.15) is 0 Å². The Morgan fingerprint density at radius 2 is 2.50 bits per heavy atom. The first-order valence-electron chi connectivity index (χ1n) is 5.15. The van der Waals surface area contributed by atoms with Crippen LogP contribution in [-0.4, -0.2) is 27.0 Å². The highest BCUT2D eigenvalue weighted by Crippen LogP contribution is 2.18. The SMILES string of the molecule is Cn1ccc(CNC2CCCC2O)n1. The standard InChI is InChI=1S/C10H17N3O/c1-13-6-5-8(12-13)7-11-9-3-2-4-10(9)14/h5-6,9-11,14H,2-4,7H2,1H3. The largest absolute Gasteiger partial charge is 0.392 e. The molecule has 1 heterocycles. The fraction of sp³-hybridized carbons (Fsp3) is 0.700. The summed E-state index contributed by atoms with van der Waals surface area (Å²) in [4.78, 5) is 0. The molecule has 4 nitrogen and oxygen atoms in total. The molecule has 0 spiro atoms. The van der Waals surface area contributed by atoms with E-state index in [9.17, 15) is 5.11 Å². The van der Waals surface area contributed by atoms with E-state index in [0.717, 1.165) is 31.5 Å². The average Bonchev–Trinajstić information content (AvgIpc) is 2.72. The zero-order chi connectivity index (χ0) is 9.97. The van der Waals surface area contributed by atoms with E-state index in [2.05, 4.69) is 10.4 Å². The Morgan fingerprint density at radius 3 is 3.07 bits per heavy atom. The van der Waals surface area contributed by atoms with Crippen LogP contribution in [-0.2, 0) is 13.6 Å². The van der Waals surface area contributed by atoms with Crippen LogP contribution in [0.4, 0.5) is 0 Å². The molecule has 4 heteroatoms. The first-order valence-corrected chi connectivity index (χ1v) is 5.15. The third kappa shape index (κ3) is 2.13. The third-order valence-electron chi connectivity index (χ3n) is 2.79. The van der Waals surface area contributed by atoms with Crippen LogP contribution in [0, 0.1) is 0 Å². The molecule has 1 fully saturated rings. The molecule has 0 saturated heterocycles. The molecule has 1 aliphatic rings. The van der Waals surface area contributed by atoms with Crippen LogP contribution in [0.25, 0.3) is 0 Å². The molecule has 0 amide bonds. The van der Waals surface area contributed by atoms with Gasteiger partial charge in [-0.25, -0.2) is 0 Å². The van der Waals surface area contributed by atoms with Gasteiger partial charge in [-0.3, -0.25) is 4.68 Å². The molecular weight excluding hydrogens is 178 g/mol. The van der Waals surface area contributed by atoms with Gasteiger partial charge in [0.05, 0.1) is 11.8 Å². The average molecular weight is 195 g/mol. The Labute approximate surface area is 83.9 Å². The van der Waals surface area contributed by atoms with Crippen molar-refractivity contribution < 1.29 is 5.11 Å². The van der Waals surface area contributed by atoms with Crippen molar-refractivity contribution >= 4 is 0 Å². The molecule has 2 unspecified atom stereocenters. The summed E-state index contributed by atoms with van der Waals surface area (Å²) in [6.45, 7) is 0.753. The first-order chi connectivity index (χ1) is 6.75. The minimum atomic E-state index is -0.168. The summed E-state index contributed by atoms with van der Waals surface area (Å²) in [6, 6.07) is 2.26. The molecule has 1 aliphatic carbocycles. The number of aryl methyl sites for hydroxylation is 1. The fourth-order valence-electron chi connectivity index (χ4n) is 1.97. The van der Waals surface area contributed by atoms with Gasteiger partial charge in [-0.05, 0) is 25.3 Å². The highest BCUT2D eigenvalue weighted by Gasteiger charge is 2.24. The molecule has 14 heavy (non-hydrogen) atoms. The topological polar surface area (TPSA) is 50.1 Å². The lowest BCUT2D eigenvalue weighted by molar-refractivity contribution is 0.148. The van der Waals surface area contributed by atoms with E-state index in [-0.39, 0.29) is 12.1 Å². The van der Waals surface area contributed by atoms with Gasteiger partial charge in [-0.1, -0.05) is 0 Å². The summed E-state index contributed by atoms with van der Waals surface area (Å²) in [6.07, 6.45) is 4.90. The Kier molecular flexibility index (Phi) is 2.84. The second-order valence-electron chi connectivity index (χ2n) is 3.97. The number of hydrogen-bond donors (Lipinski definition) is 2. The lowest BCUT2D eigenvalue weighted by Gasteiger charge is -2.15. The zero-order valence-corrected chi connectivity index (χ0v) is 8.48. The van der Waals surface area contributed by atoms with Crippen LogP contribution in [0.3, 0.4) is 0 Å². The van der Waals surface area contributed by atoms with E-state index >= 15 is 0 Å². The highest BCUT2D eigenvalue weighted by atomic mass is 16.3. The summed E-state index contributed by atoms with van der Waals surface area (Å²) < 4.78 is 1.79. The molecule has 0 radical (unpaired) electrons. The van der Waals surface area contributed by atoms with Gasteiger partial charge in [0, 0.05) is 25.8 Å². The molecule has 78 valence electrons. The number of hydrogen-bond acceptors (Lipinski definition) is 3. The van der Waals surface area contributed by atoms with Gasteiger partial charge in [0.2, 0.25) is 0 Å². The minimum Gasteiger partial charge on any atom is -0.392 e. The first kappa shape index (κ1) is 9.68. The monoisotopic (exact) mass is 195 g/mol. The normalized spacial score (nSPS) is 27.0. The Balaban J connectivity index is 1.82. The number of aliphatic hydroxyl groups is 1. The number of aromatic nitrogens is 2. The highest BCUT2D eigenvalue weighted by molar-refractivity contribution is 4.99. The fourth-order valence-corrected chi connectivity index (χ4v) is 1.97. The van der Waals surface area contributed by atoms with Crippen LogP contribution >= 0.6 is 0 Å². The summed E-state index contributed by atoms with van der Waals surface area (Å²) in [7, 11) is 1.91. The number of aliphatic hydroxyl groups excluding tert-OH is 1. The second-order valence-corrected chi connectivity index (χ2v) is 3.97. The minimum absolute atomic E-state index is 0.168. The van der Waals surface area contributed by atoms with E-state index in [1.807, 2.05) is 19.3 Å². The van der Waals surface area contributed by atoms with Crippen LogP contribution in [0.15, 0.2) is 12.3 Å². The van der Waals surface area contributed by atoms with Crippen molar-refractivity contribution in [3.63, 3.8) is 0 Å². The molecule has 0 aliphatic heterocycles. The van der Waals surface area contributed by atoms with Crippen LogP contribution in [0.1, 0.15) is 25.0 Å². The molecule has 0 bridgehead atoms. The molecule has 0 aromatic carbocycles. The van der Waals surface area contributed by atoms with Gasteiger partial charge in [0.25, 0.3) is 0 Å². The molecule has 1 saturated carbocycles. The zero-order valence-electron chi connectivity index (χ0n) is 8.48. The van der Waals surface area contributed by atoms with Crippen molar-refractivity contribution in [2.24, 2.45) is 7.05 Å². The summed E-state index contributed by atoms with van der Waals surface area (Å²) >= 11 is 0. The van der Waals surface area contributed by atoms with Gasteiger partial charge in [-0.2, -0.15) is 5.10 Å².